The van der Waals surface area contributed by atoms with E-state index in [2.05, 4.69) is 6.92 Å². The Hall–Kier alpha value is -2.55. The molecule has 3 rings (SSSR count). The van der Waals surface area contributed by atoms with Crippen molar-refractivity contribution in [2.75, 3.05) is 21.0 Å². The van der Waals surface area contributed by atoms with E-state index in [0.717, 1.165) is 23.3 Å². The van der Waals surface area contributed by atoms with E-state index in [4.69, 9.17) is 28.4 Å². The topological polar surface area (TPSA) is 72.5 Å². The van der Waals surface area contributed by atoms with Gasteiger partial charge in [-0.2, -0.15) is 0 Å². The van der Waals surface area contributed by atoms with Crippen molar-refractivity contribution in [3.05, 3.63) is 77.9 Å². The quantitative estimate of drug-likeness (QED) is 0.131. The molecule has 4 atom stereocenters. The molecule has 220 valence electrons. The maximum Gasteiger partial charge on any atom is 0.237 e. The Labute approximate surface area is 239 Å². The molecule has 2 aromatic rings. The van der Waals surface area contributed by atoms with E-state index in [1.807, 2.05) is 87.5 Å². The molecule has 1 fully saturated rings. The average Bonchev–Trinajstić information content (AvgIpc) is 2.97. The smallest absolute Gasteiger partial charge is 0.237 e. The summed E-state index contributed by atoms with van der Waals surface area (Å²) in [6.45, 7) is 9.02. The van der Waals surface area contributed by atoms with Gasteiger partial charge >= 0.3 is 0 Å². The van der Waals surface area contributed by atoms with Gasteiger partial charge in [-0.1, -0.05) is 75.4 Å². The van der Waals surface area contributed by atoms with Gasteiger partial charge in [-0.25, -0.2) is 0 Å². The highest BCUT2D eigenvalue weighted by molar-refractivity contribution is 5.87. The second kappa shape index (κ2) is 15.5. The minimum atomic E-state index is -1.36. The van der Waals surface area contributed by atoms with Gasteiger partial charge in [-0.05, 0) is 43.0 Å². The van der Waals surface area contributed by atoms with Crippen LogP contribution in [0, 0.1) is 5.41 Å². The second-order valence-electron chi connectivity index (χ2n) is 10.8. The predicted octanol–water partition coefficient (Wildman–Crippen LogP) is 6.63. The molecule has 0 unspecified atom stereocenters. The van der Waals surface area contributed by atoms with E-state index in [1.54, 1.807) is 14.2 Å². The Morgan fingerprint density at radius 2 is 1.73 bits per heavy atom. The summed E-state index contributed by atoms with van der Waals surface area (Å²) < 4.78 is 36.0. The molecule has 0 aliphatic carbocycles. The molecule has 7 heteroatoms. The van der Waals surface area contributed by atoms with Crippen LogP contribution in [-0.4, -0.2) is 50.9 Å². The molecule has 0 N–H and O–H groups in total. The highest BCUT2D eigenvalue weighted by Gasteiger charge is 2.55. The van der Waals surface area contributed by atoms with Gasteiger partial charge in [-0.15, -0.1) is 0 Å². The van der Waals surface area contributed by atoms with E-state index in [0.29, 0.717) is 32.5 Å². The molecule has 0 amide bonds. The summed E-state index contributed by atoms with van der Waals surface area (Å²) >= 11 is 0. The average molecular weight is 555 g/mol. The molecule has 0 bridgehead atoms. The Balaban J connectivity index is 1.70. The van der Waals surface area contributed by atoms with Gasteiger partial charge in [0.2, 0.25) is 5.79 Å². The predicted molar refractivity (Wildman–Crippen MR) is 155 cm³/mol. The summed E-state index contributed by atoms with van der Waals surface area (Å²) in [5.41, 5.74) is 1.47. The number of Topliss-reactive ketones (excluding diaryl/α,β-unsaturated/α-hetero) is 1. The number of benzene rings is 2. The van der Waals surface area contributed by atoms with Gasteiger partial charge in [0.25, 0.3) is 0 Å². The van der Waals surface area contributed by atoms with Gasteiger partial charge in [0.1, 0.15) is 12.5 Å². The standard InChI is InChI=1S/C33H46O7/c1-7-8-20-32(3,4)33(36-6)31(34)19-18-29(40-33)21-30(38-23-27-14-16-28(35-5)17-15-27)25(2)39-24-37-22-26-12-10-9-11-13-26/h8-17,20,25,29-30H,7,18-19,21-24H2,1-6H3/b20-8+/t25-,29+,30-,33-/m1/s1. The molecule has 0 radical (unpaired) electrons. The van der Waals surface area contributed by atoms with Crippen LogP contribution in [0.5, 0.6) is 5.75 Å². The lowest BCUT2D eigenvalue weighted by Gasteiger charge is -2.47. The second-order valence-corrected chi connectivity index (χ2v) is 10.8. The number of ketones is 1. The van der Waals surface area contributed by atoms with Crippen molar-refractivity contribution in [3.8, 4) is 5.75 Å². The Kier molecular flexibility index (Phi) is 12.3. The maximum absolute atomic E-state index is 13.2. The first-order chi connectivity index (χ1) is 19.2. The summed E-state index contributed by atoms with van der Waals surface area (Å²) in [5, 5.41) is 0. The van der Waals surface area contributed by atoms with Gasteiger partial charge in [0.15, 0.2) is 5.78 Å². The Morgan fingerprint density at radius 1 is 1.02 bits per heavy atom. The number of methoxy groups -OCH3 is 2. The van der Waals surface area contributed by atoms with Crippen LogP contribution in [0.15, 0.2) is 66.7 Å². The summed E-state index contributed by atoms with van der Waals surface area (Å²) in [6, 6.07) is 17.8. The zero-order valence-electron chi connectivity index (χ0n) is 24.9. The number of allylic oxidation sites excluding steroid dienone is 1. The van der Waals surface area contributed by atoms with Crippen LogP contribution in [0.4, 0.5) is 0 Å². The molecule has 1 aliphatic heterocycles. The third kappa shape index (κ3) is 8.48. The molecular weight excluding hydrogens is 508 g/mol. The first-order valence-electron chi connectivity index (χ1n) is 14.2. The van der Waals surface area contributed by atoms with Crippen LogP contribution in [0.2, 0.25) is 0 Å². The maximum atomic E-state index is 13.2. The summed E-state index contributed by atoms with van der Waals surface area (Å²) in [5.74, 6) is -0.597. The van der Waals surface area contributed by atoms with Crippen LogP contribution in [-0.2, 0) is 41.7 Å². The Bertz CT molecular complexity index is 1050. The van der Waals surface area contributed by atoms with E-state index in [1.165, 1.54) is 0 Å². The highest BCUT2D eigenvalue weighted by atomic mass is 16.7. The van der Waals surface area contributed by atoms with Gasteiger partial charge in [-0.3, -0.25) is 4.79 Å². The molecule has 7 nitrogen and oxygen atoms in total. The monoisotopic (exact) mass is 554 g/mol. The number of carbonyl (C=O) groups is 1. The van der Waals surface area contributed by atoms with Crippen LogP contribution < -0.4 is 4.74 Å². The SMILES string of the molecule is CC/C=C/C(C)(C)[C@]1(OC)O[C@H](C[C@@H](OCc2ccc(OC)cc2)[C@@H](C)OCOCc2ccccc2)CCC1=O. The van der Waals surface area contributed by atoms with E-state index in [-0.39, 0.29) is 30.9 Å². The van der Waals surface area contributed by atoms with Crippen molar-refractivity contribution in [2.45, 2.75) is 90.7 Å². The number of rotatable bonds is 16. The summed E-state index contributed by atoms with van der Waals surface area (Å²) in [4.78, 5) is 13.2. The summed E-state index contributed by atoms with van der Waals surface area (Å²) in [6.07, 6.45) is 5.62. The van der Waals surface area contributed by atoms with Crippen LogP contribution in [0.3, 0.4) is 0 Å². The van der Waals surface area contributed by atoms with E-state index >= 15 is 0 Å². The van der Waals surface area contributed by atoms with E-state index in [9.17, 15) is 4.79 Å². The Morgan fingerprint density at radius 3 is 2.38 bits per heavy atom. The summed E-state index contributed by atoms with van der Waals surface area (Å²) in [7, 11) is 3.20. The van der Waals surface area contributed by atoms with Crippen molar-refractivity contribution in [2.24, 2.45) is 5.41 Å². The molecule has 2 aromatic carbocycles. The first-order valence-corrected chi connectivity index (χ1v) is 14.2. The lowest BCUT2D eigenvalue weighted by atomic mass is 9.76. The van der Waals surface area contributed by atoms with Crippen molar-refractivity contribution in [3.63, 3.8) is 0 Å². The fourth-order valence-electron chi connectivity index (χ4n) is 5.02. The number of ether oxygens (including phenoxy) is 6. The van der Waals surface area contributed by atoms with Crippen LogP contribution >= 0.6 is 0 Å². The largest absolute Gasteiger partial charge is 0.497 e. The molecule has 0 saturated carbocycles. The molecule has 1 saturated heterocycles. The van der Waals surface area contributed by atoms with Gasteiger partial charge < -0.3 is 28.4 Å². The fourth-order valence-corrected chi connectivity index (χ4v) is 5.02. The molecule has 0 aromatic heterocycles. The zero-order chi connectivity index (χ0) is 29.0. The third-order valence-corrected chi connectivity index (χ3v) is 7.47. The van der Waals surface area contributed by atoms with Crippen molar-refractivity contribution in [1.82, 2.24) is 0 Å². The van der Waals surface area contributed by atoms with Crippen LogP contribution in [0.1, 0.15) is 64.5 Å². The first kappa shape index (κ1) is 32.0. The zero-order valence-corrected chi connectivity index (χ0v) is 24.9. The molecule has 1 heterocycles. The molecule has 0 spiro atoms. The van der Waals surface area contributed by atoms with Crippen molar-refractivity contribution in [1.29, 1.82) is 0 Å². The van der Waals surface area contributed by atoms with Gasteiger partial charge in [0.05, 0.1) is 38.6 Å². The third-order valence-electron chi connectivity index (χ3n) is 7.47. The lowest BCUT2D eigenvalue weighted by molar-refractivity contribution is -0.286. The van der Waals surface area contributed by atoms with E-state index < -0.39 is 11.2 Å². The minimum absolute atomic E-state index is 0.0358. The van der Waals surface area contributed by atoms with Crippen LogP contribution in [0.25, 0.3) is 0 Å². The van der Waals surface area contributed by atoms with Crippen molar-refractivity contribution < 1.29 is 33.2 Å². The molecular formula is C33H46O7. The fraction of sp³-hybridized carbons (Fsp3) is 0.545. The van der Waals surface area contributed by atoms with Gasteiger partial charge in [0, 0.05) is 25.4 Å². The molecule has 1 aliphatic rings. The normalized spacial score (nSPS) is 21.4. The number of hydrogen-bond acceptors (Lipinski definition) is 7. The minimum Gasteiger partial charge on any atom is -0.497 e. The van der Waals surface area contributed by atoms with Crippen molar-refractivity contribution >= 4 is 5.78 Å². The highest BCUT2D eigenvalue weighted by Crippen LogP contribution is 2.43. The number of carbonyl (C=O) groups excluding carboxylic acids is 1. The molecule has 40 heavy (non-hydrogen) atoms. The lowest BCUT2D eigenvalue weighted by Crippen LogP contribution is -2.59. The number of hydrogen-bond donors (Lipinski definition) is 0.